The average molecular weight is 291 g/mol. The lowest BCUT2D eigenvalue weighted by atomic mass is 9.98. The third-order valence-electron chi connectivity index (χ3n) is 4.46. The van der Waals surface area contributed by atoms with Gasteiger partial charge in [-0.1, -0.05) is 24.3 Å². The SMILES string of the molecule is COCc1ccccc1C(CN)N1CCN(C(C)C)CC1. The van der Waals surface area contributed by atoms with Gasteiger partial charge >= 0.3 is 0 Å². The molecule has 118 valence electrons. The summed E-state index contributed by atoms with van der Waals surface area (Å²) in [5.41, 5.74) is 8.67. The van der Waals surface area contributed by atoms with E-state index in [1.54, 1.807) is 7.11 Å². The van der Waals surface area contributed by atoms with Gasteiger partial charge in [-0.05, 0) is 25.0 Å². The van der Waals surface area contributed by atoms with Crippen LogP contribution in [0.25, 0.3) is 0 Å². The van der Waals surface area contributed by atoms with E-state index in [9.17, 15) is 0 Å². The number of hydrogen-bond acceptors (Lipinski definition) is 4. The highest BCUT2D eigenvalue weighted by Crippen LogP contribution is 2.25. The number of nitrogens with two attached hydrogens (primary N) is 1. The second-order valence-electron chi connectivity index (χ2n) is 6.05. The van der Waals surface area contributed by atoms with Gasteiger partial charge in [0.15, 0.2) is 0 Å². The number of rotatable bonds is 6. The molecule has 0 bridgehead atoms. The first-order valence-corrected chi connectivity index (χ1v) is 7.92. The number of hydrogen-bond donors (Lipinski definition) is 1. The highest BCUT2D eigenvalue weighted by atomic mass is 16.5. The van der Waals surface area contributed by atoms with Crippen molar-refractivity contribution in [3.05, 3.63) is 35.4 Å². The monoisotopic (exact) mass is 291 g/mol. The Bertz CT molecular complexity index is 428. The van der Waals surface area contributed by atoms with Crippen LogP contribution in [0, 0.1) is 0 Å². The van der Waals surface area contributed by atoms with E-state index in [1.165, 1.54) is 11.1 Å². The molecule has 2 N–H and O–H groups in total. The summed E-state index contributed by atoms with van der Waals surface area (Å²) in [5, 5.41) is 0. The number of ether oxygens (including phenoxy) is 1. The Hall–Kier alpha value is -0.940. The third kappa shape index (κ3) is 4.04. The second-order valence-corrected chi connectivity index (χ2v) is 6.05. The smallest absolute Gasteiger partial charge is 0.0716 e. The first kappa shape index (κ1) is 16.4. The van der Waals surface area contributed by atoms with E-state index in [-0.39, 0.29) is 0 Å². The Labute approximate surface area is 128 Å². The molecule has 0 spiro atoms. The first-order chi connectivity index (χ1) is 10.2. The summed E-state index contributed by atoms with van der Waals surface area (Å²) in [4.78, 5) is 5.05. The van der Waals surface area contributed by atoms with Crippen molar-refractivity contribution in [2.24, 2.45) is 5.73 Å². The standard InChI is InChI=1S/C17H29N3O/c1-14(2)19-8-10-20(11-9-19)17(12-18)16-7-5-4-6-15(16)13-21-3/h4-7,14,17H,8-13,18H2,1-3H3. The minimum atomic E-state index is 0.297. The molecule has 1 aliphatic rings. The van der Waals surface area contributed by atoms with Crippen LogP contribution < -0.4 is 5.73 Å². The van der Waals surface area contributed by atoms with Crippen LogP contribution in [0.2, 0.25) is 0 Å². The van der Waals surface area contributed by atoms with Crippen LogP contribution in [0.3, 0.4) is 0 Å². The normalized spacial score (nSPS) is 19.1. The molecule has 0 radical (unpaired) electrons. The topological polar surface area (TPSA) is 41.7 Å². The molecule has 0 aliphatic carbocycles. The molecule has 1 fully saturated rings. The first-order valence-electron chi connectivity index (χ1n) is 7.92. The maximum absolute atomic E-state index is 6.10. The van der Waals surface area contributed by atoms with E-state index < -0.39 is 0 Å². The van der Waals surface area contributed by atoms with E-state index in [4.69, 9.17) is 10.5 Å². The molecular formula is C17H29N3O. The maximum Gasteiger partial charge on any atom is 0.0716 e. The van der Waals surface area contributed by atoms with Gasteiger partial charge in [-0.2, -0.15) is 0 Å². The molecule has 2 rings (SSSR count). The van der Waals surface area contributed by atoms with Gasteiger partial charge < -0.3 is 10.5 Å². The maximum atomic E-state index is 6.10. The molecule has 0 amide bonds. The molecule has 1 unspecified atom stereocenters. The van der Waals surface area contributed by atoms with Crippen LogP contribution in [-0.2, 0) is 11.3 Å². The number of benzene rings is 1. The zero-order valence-electron chi connectivity index (χ0n) is 13.6. The highest BCUT2D eigenvalue weighted by molar-refractivity contribution is 5.30. The average Bonchev–Trinajstić information content (AvgIpc) is 2.50. The quantitative estimate of drug-likeness (QED) is 0.868. The Kier molecular flexibility index (Phi) is 6.18. The Morgan fingerprint density at radius 1 is 1.10 bits per heavy atom. The molecule has 1 aromatic carbocycles. The molecular weight excluding hydrogens is 262 g/mol. The van der Waals surface area contributed by atoms with E-state index in [0.29, 0.717) is 25.2 Å². The van der Waals surface area contributed by atoms with Gasteiger partial charge in [-0.15, -0.1) is 0 Å². The van der Waals surface area contributed by atoms with E-state index in [2.05, 4.69) is 47.9 Å². The summed E-state index contributed by atoms with van der Waals surface area (Å²) in [5.74, 6) is 0. The van der Waals surface area contributed by atoms with E-state index in [1.807, 2.05) is 0 Å². The van der Waals surface area contributed by atoms with Crippen LogP contribution in [0.15, 0.2) is 24.3 Å². The molecule has 1 saturated heterocycles. The van der Waals surface area contributed by atoms with Crippen molar-refractivity contribution < 1.29 is 4.74 Å². The van der Waals surface area contributed by atoms with Crippen molar-refractivity contribution in [1.29, 1.82) is 0 Å². The van der Waals surface area contributed by atoms with Crippen molar-refractivity contribution in [2.75, 3.05) is 39.8 Å². The molecule has 4 heteroatoms. The fraction of sp³-hybridized carbons (Fsp3) is 0.647. The Balaban J connectivity index is 2.10. The van der Waals surface area contributed by atoms with Gasteiger partial charge in [-0.3, -0.25) is 9.80 Å². The second kappa shape index (κ2) is 7.90. The number of piperazine rings is 1. The molecule has 21 heavy (non-hydrogen) atoms. The lowest BCUT2D eigenvalue weighted by molar-refractivity contribution is 0.0791. The zero-order valence-corrected chi connectivity index (χ0v) is 13.6. The Morgan fingerprint density at radius 3 is 2.29 bits per heavy atom. The van der Waals surface area contributed by atoms with Gasteiger partial charge in [-0.25, -0.2) is 0 Å². The largest absolute Gasteiger partial charge is 0.380 e. The lowest BCUT2D eigenvalue weighted by Crippen LogP contribution is -2.51. The third-order valence-corrected chi connectivity index (χ3v) is 4.46. The van der Waals surface area contributed by atoms with Crippen molar-refractivity contribution in [3.8, 4) is 0 Å². The molecule has 1 atom stereocenters. The zero-order chi connectivity index (χ0) is 15.2. The fourth-order valence-corrected chi connectivity index (χ4v) is 3.18. The molecule has 4 nitrogen and oxygen atoms in total. The number of methoxy groups -OCH3 is 1. The van der Waals surface area contributed by atoms with Gasteiger partial charge in [0.2, 0.25) is 0 Å². The molecule has 0 aromatic heterocycles. The van der Waals surface area contributed by atoms with E-state index in [0.717, 1.165) is 26.2 Å². The van der Waals surface area contributed by atoms with Crippen LogP contribution in [0.5, 0.6) is 0 Å². The summed E-state index contributed by atoms with van der Waals surface area (Å²) in [6, 6.07) is 9.44. The minimum Gasteiger partial charge on any atom is -0.380 e. The summed E-state index contributed by atoms with van der Waals surface area (Å²) in [6.45, 7) is 10.3. The van der Waals surface area contributed by atoms with Crippen molar-refractivity contribution >= 4 is 0 Å². The van der Waals surface area contributed by atoms with Crippen molar-refractivity contribution in [3.63, 3.8) is 0 Å². The van der Waals surface area contributed by atoms with Crippen LogP contribution in [0.4, 0.5) is 0 Å². The molecule has 1 aromatic rings. The molecule has 1 heterocycles. The van der Waals surface area contributed by atoms with Crippen LogP contribution in [0.1, 0.15) is 31.0 Å². The Morgan fingerprint density at radius 2 is 1.71 bits per heavy atom. The number of nitrogens with zero attached hydrogens (tertiary/aromatic N) is 2. The summed E-state index contributed by atoms with van der Waals surface area (Å²) >= 11 is 0. The predicted octanol–water partition coefficient (Wildman–Crippen LogP) is 1.86. The fourth-order valence-electron chi connectivity index (χ4n) is 3.18. The summed E-state index contributed by atoms with van der Waals surface area (Å²) < 4.78 is 5.33. The van der Waals surface area contributed by atoms with Crippen LogP contribution in [-0.4, -0.2) is 55.7 Å². The highest BCUT2D eigenvalue weighted by Gasteiger charge is 2.26. The predicted molar refractivity (Wildman–Crippen MR) is 87.2 cm³/mol. The van der Waals surface area contributed by atoms with Crippen LogP contribution >= 0.6 is 0 Å². The summed E-state index contributed by atoms with van der Waals surface area (Å²) in [6.07, 6.45) is 0. The van der Waals surface area contributed by atoms with Crippen molar-refractivity contribution in [1.82, 2.24) is 9.80 Å². The molecule has 0 saturated carbocycles. The molecule has 1 aliphatic heterocycles. The minimum absolute atomic E-state index is 0.297. The van der Waals surface area contributed by atoms with Crippen molar-refractivity contribution in [2.45, 2.75) is 32.5 Å². The van der Waals surface area contributed by atoms with Gasteiger partial charge in [0.25, 0.3) is 0 Å². The van der Waals surface area contributed by atoms with Gasteiger partial charge in [0, 0.05) is 51.9 Å². The van der Waals surface area contributed by atoms with E-state index >= 15 is 0 Å². The van der Waals surface area contributed by atoms with Gasteiger partial charge in [0.1, 0.15) is 0 Å². The summed E-state index contributed by atoms with van der Waals surface area (Å²) in [7, 11) is 1.75. The van der Waals surface area contributed by atoms with Gasteiger partial charge in [0.05, 0.1) is 6.61 Å². The lowest BCUT2D eigenvalue weighted by Gasteiger charge is -2.41.